The maximum absolute atomic E-state index is 12.1. The van der Waals surface area contributed by atoms with E-state index in [0.29, 0.717) is 36.1 Å². The smallest absolute Gasteiger partial charge is 0.344 e. The van der Waals surface area contributed by atoms with E-state index in [-0.39, 0.29) is 12.0 Å². The quantitative estimate of drug-likeness (QED) is 0.727. The van der Waals surface area contributed by atoms with Gasteiger partial charge < -0.3 is 24.3 Å². The summed E-state index contributed by atoms with van der Waals surface area (Å²) in [5, 5.41) is 2.67. The molecule has 0 spiro atoms. The van der Waals surface area contributed by atoms with Crippen LogP contribution in [0.5, 0.6) is 17.2 Å². The minimum absolute atomic E-state index is 0.0429. The number of esters is 1. The summed E-state index contributed by atoms with van der Waals surface area (Å²) in [4.78, 5) is 23.9. The number of fused-ring (bicyclic) bond motifs is 1. The first kappa shape index (κ1) is 21.5. The first-order valence-electron chi connectivity index (χ1n) is 9.90. The summed E-state index contributed by atoms with van der Waals surface area (Å²) in [6.45, 7) is 6.84. The van der Waals surface area contributed by atoms with Crippen LogP contribution in [0.15, 0.2) is 42.5 Å². The normalized spacial score (nSPS) is 13.2. The van der Waals surface area contributed by atoms with Crippen molar-refractivity contribution in [2.45, 2.75) is 32.6 Å². The molecule has 2 aromatic rings. The molecular weight excluding hydrogens is 386 g/mol. The first-order chi connectivity index (χ1) is 14.3. The fraction of sp³-hybridized carbons (Fsp3) is 0.391. The van der Waals surface area contributed by atoms with Crippen molar-refractivity contribution in [3.63, 3.8) is 0 Å². The molecule has 1 heterocycles. The van der Waals surface area contributed by atoms with Gasteiger partial charge in [-0.1, -0.05) is 32.9 Å². The monoisotopic (exact) mass is 413 g/mol. The highest BCUT2D eigenvalue weighted by molar-refractivity contribution is 5.93. The van der Waals surface area contributed by atoms with Crippen molar-refractivity contribution in [1.29, 1.82) is 0 Å². The number of anilines is 1. The molecule has 7 heteroatoms. The zero-order chi connectivity index (χ0) is 21.6. The zero-order valence-corrected chi connectivity index (χ0v) is 17.5. The molecule has 0 saturated heterocycles. The van der Waals surface area contributed by atoms with E-state index < -0.39 is 18.5 Å². The van der Waals surface area contributed by atoms with Crippen LogP contribution in [0.4, 0.5) is 5.69 Å². The van der Waals surface area contributed by atoms with Gasteiger partial charge in [-0.05, 0) is 35.2 Å². The molecule has 0 aromatic heterocycles. The fourth-order valence-corrected chi connectivity index (χ4v) is 2.82. The molecule has 160 valence electrons. The highest BCUT2D eigenvalue weighted by Gasteiger charge is 2.15. The Morgan fingerprint density at radius 1 is 0.967 bits per heavy atom. The van der Waals surface area contributed by atoms with Crippen LogP contribution in [0.2, 0.25) is 0 Å². The number of ether oxygens (including phenoxy) is 4. The maximum Gasteiger partial charge on any atom is 0.344 e. The molecular formula is C23H27NO6. The van der Waals surface area contributed by atoms with Gasteiger partial charge in [0.1, 0.15) is 5.75 Å². The Morgan fingerprint density at radius 2 is 1.67 bits per heavy atom. The molecule has 1 N–H and O–H groups in total. The van der Waals surface area contributed by atoms with Crippen molar-refractivity contribution >= 4 is 17.6 Å². The predicted octanol–water partition coefficient (Wildman–Crippen LogP) is 3.71. The van der Waals surface area contributed by atoms with Crippen molar-refractivity contribution < 1.29 is 28.5 Å². The maximum atomic E-state index is 12.1. The molecule has 0 unspecified atom stereocenters. The first-order valence-corrected chi connectivity index (χ1v) is 9.90. The number of amides is 1. The largest absolute Gasteiger partial charge is 0.490 e. The van der Waals surface area contributed by atoms with Gasteiger partial charge in [-0.25, -0.2) is 4.79 Å². The van der Waals surface area contributed by atoms with Crippen molar-refractivity contribution in [1.82, 2.24) is 0 Å². The van der Waals surface area contributed by atoms with E-state index in [1.54, 1.807) is 18.2 Å². The Bertz CT molecular complexity index is 886. The van der Waals surface area contributed by atoms with Gasteiger partial charge in [0.15, 0.2) is 24.7 Å². The second-order valence-electron chi connectivity index (χ2n) is 7.98. The minimum atomic E-state index is -0.622. The average Bonchev–Trinajstić information content (AvgIpc) is 2.95. The predicted molar refractivity (Wildman–Crippen MR) is 112 cm³/mol. The molecule has 3 rings (SSSR count). The van der Waals surface area contributed by atoms with Gasteiger partial charge in [0, 0.05) is 18.2 Å². The van der Waals surface area contributed by atoms with Gasteiger partial charge in [-0.3, -0.25) is 4.79 Å². The van der Waals surface area contributed by atoms with E-state index in [2.05, 4.69) is 26.1 Å². The standard InChI is InChI=1S/C23H27NO6/c1-23(2,3)16-5-8-18(9-6-16)29-15-22(26)30-14-21(25)24-17-7-10-19-20(13-17)28-12-4-11-27-19/h5-10,13H,4,11-12,14-15H2,1-3H3,(H,24,25). The summed E-state index contributed by atoms with van der Waals surface area (Å²) in [6, 6.07) is 12.7. The summed E-state index contributed by atoms with van der Waals surface area (Å²) < 4.78 is 21.5. The molecule has 0 radical (unpaired) electrons. The van der Waals surface area contributed by atoms with Crippen molar-refractivity contribution in [2.24, 2.45) is 0 Å². The number of carbonyl (C=O) groups is 2. The molecule has 1 aliphatic heterocycles. The van der Waals surface area contributed by atoms with E-state index in [4.69, 9.17) is 18.9 Å². The lowest BCUT2D eigenvalue weighted by Crippen LogP contribution is -2.23. The van der Waals surface area contributed by atoms with Gasteiger partial charge >= 0.3 is 5.97 Å². The van der Waals surface area contributed by atoms with Crippen LogP contribution in [0.1, 0.15) is 32.8 Å². The number of rotatable bonds is 6. The highest BCUT2D eigenvalue weighted by atomic mass is 16.6. The summed E-state index contributed by atoms with van der Waals surface area (Å²) >= 11 is 0. The average molecular weight is 413 g/mol. The number of hydrogen-bond acceptors (Lipinski definition) is 6. The Balaban J connectivity index is 1.42. The number of hydrogen-bond donors (Lipinski definition) is 1. The molecule has 0 saturated carbocycles. The SMILES string of the molecule is CC(C)(C)c1ccc(OCC(=O)OCC(=O)Nc2ccc3c(c2)OCCCO3)cc1. The van der Waals surface area contributed by atoms with Crippen LogP contribution < -0.4 is 19.5 Å². The number of benzene rings is 2. The zero-order valence-electron chi connectivity index (χ0n) is 17.5. The van der Waals surface area contributed by atoms with Crippen molar-refractivity contribution in [2.75, 3.05) is 31.7 Å². The van der Waals surface area contributed by atoms with Gasteiger partial charge in [0.25, 0.3) is 5.91 Å². The second-order valence-corrected chi connectivity index (χ2v) is 7.98. The molecule has 1 amide bonds. The molecule has 0 fully saturated rings. The lowest BCUT2D eigenvalue weighted by atomic mass is 9.87. The van der Waals surface area contributed by atoms with Gasteiger partial charge in [-0.2, -0.15) is 0 Å². The van der Waals surface area contributed by atoms with E-state index in [9.17, 15) is 9.59 Å². The van der Waals surface area contributed by atoms with Gasteiger partial charge in [-0.15, -0.1) is 0 Å². The Labute approximate surface area is 176 Å². The lowest BCUT2D eigenvalue weighted by Gasteiger charge is -2.19. The summed E-state index contributed by atoms with van der Waals surface area (Å²) in [5.41, 5.74) is 1.75. The topological polar surface area (TPSA) is 83.1 Å². The Kier molecular flexibility index (Phi) is 6.82. The number of carbonyl (C=O) groups excluding carboxylic acids is 2. The van der Waals surface area contributed by atoms with E-state index in [1.165, 1.54) is 5.56 Å². The molecule has 2 aromatic carbocycles. The Hall–Kier alpha value is -3.22. The molecule has 7 nitrogen and oxygen atoms in total. The second kappa shape index (κ2) is 9.52. The van der Waals surface area contributed by atoms with Crippen LogP contribution in [0.25, 0.3) is 0 Å². The van der Waals surface area contributed by atoms with Crippen molar-refractivity contribution in [3.8, 4) is 17.2 Å². The van der Waals surface area contributed by atoms with Crippen LogP contribution >= 0.6 is 0 Å². The number of nitrogens with one attached hydrogen (secondary N) is 1. The third-order valence-electron chi connectivity index (χ3n) is 4.47. The van der Waals surface area contributed by atoms with E-state index in [1.807, 2.05) is 24.3 Å². The molecule has 0 aliphatic carbocycles. The van der Waals surface area contributed by atoms with Gasteiger partial charge in [0.2, 0.25) is 0 Å². The van der Waals surface area contributed by atoms with Crippen LogP contribution in [0.3, 0.4) is 0 Å². The Morgan fingerprint density at radius 3 is 2.37 bits per heavy atom. The molecule has 30 heavy (non-hydrogen) atoms. The van der Waals surface area contributed by atoms with Crippen LogP contribution in [0, 0.1) is 0 Å². The van der Waals surface area contributed by atoms with Crippen LogP contribution in [-0.4, -0.2) is 38.3 Å². The minimum Gasteiger partial charge on any atom is -0.490 e. The summed E-state index contributed by atoms with van der Waals surface area (Å²) in [6.07, 6.45) is 0.801. The van der Waals surface area contributed by atoms with E-state index in [0.717, 1.165) is 6.42 Å². The molecule has 0 bridgehead atoms. The fourth-order valence-electron chi connectivity index (χ4n) is 2.82. The third-order valence-corrected chi connectivity index (χ3v) is 4.47. The third kappa shape index (κ3) is 6.14. The van der Waals surface area contributed by atoms with Gasteiger partial charge in [0.05, 0.1) is 13.2 Å². The highest BCUT2D eigenvalue weighted by Crippen LogP contribution is 2.32. The lowest BCUT2D eigenvalue weighted by molar-refractivity contribution is -0.149. The molecule has 1 aliphatic rings. The van der Waals surface area contributed by atoms with E-state index >= 15 is 0 Å². The summed E-state index contributed by atoms with van der Waals surface area (Å²) in [5.74, 6) is 0.713. The van der Waals surface area contributed by atoms with Crippen molar-refractivity contribution in [3.05, 3.63) is 48.0 Å². The summed E-state index contributed by atoms with van der Waals surface area (Å²) in [7, 11) is 0. The van der Waals surface area contributed by atoms with Crippen LogP contribution in [-0.2, 0) is 19.7 Å². The molecule has 0 atom stereocenters.